The van der Waals surface area contributed by atoms with Gasteiger partial charge < -0.3 is 20.2 Å². The Morgan fingerprint density at radius 1 is 1.21 bits per heavy atom. The van der Waals surface area contributed by atoms with Crippen molar-refractivity contribution in [3.63, 3.8) is 0 Å². The maximum absolute atomic E-state index is 12.8. The van der Waals surface area contributed by atoms with E-state index >= 15 is 0 Å². The van der Waals surface area contributed by atoms with Gasteiger partial charge in [0.25, 0.3) is 11.8 Å². The first kappa shape index (κ1) is 19.2. The Hall–Kier alpha value is -3.13. The number of carbonyl (C=O) groups excluding carboxylic acids is 2. The Bertz CT molecular complexity index is 1180. The lowest BCUT2D eigenvalue weighted by atomic mass is 10.1. The lowest BCUT2D eigenvalue weighted by Crippen LogP contribution is -2.22. The summed E-state index contributed by atoms with van der Waals surface area (Å²) in [6, 6.07) is 6.59. The van der Waals surface area contributed by atoms with Crippen LogP contribution in [-0.4, -0.2) is 18.9 Å². The average Bonchev–Trinajstić information content (AvgIpc) is 2.87. The van der Waals surface area contributed by atoms with Crippen molar-refractivity contribution in [3.8, 4) is 5.75 Å². The first-order chi connectivity index (χ1) is 14.0. The number of anilines is 1. The zero-order chi connectivity index (χ0) is 20.5. The quantitative estimate of drug-likeness (QED) is 0.503. The molecule has 3 aromatic rings. The normalized spacial score (nSPS) is 13.6. The summed E-state index contributed by atoms with van der Waals surface area (Å²) in [6.07, 6.45) is 4.73. The number of benzene rings is 1. The molecular weight excluding hydrogens is 392 g/mol. The van der Waals surface area contributed by atoms with E-state index in [4.69, 9.17) is 14.9 Å². The molecule has 150 valence electrons. The molecule has 0 saturated heterocycles. The Balaban J connectivity index is 1.73. The van der Waals surface area contributed by atoms with Gasteiger partial charge in [-0.25, -0.2) is 4.79 Å². The van der Waals surface area contributed by atoms with Gasteiger partial charge in [-0.3, -0.25) is 9.59 Å². The Kier molecular flexibility index (Phi) is 5.10. The summed E-state index contributed by atoms with van der Waals surface area (Å²) in [5.41, 5.74) is 6.23. The molecular formula is C21H20N2O5S. The van der Waals surface area contributed by atoms with Crippen molar-refractivity contribution in [2.75, 3.05) is 12.4 Å². The fourth-order valence-electron chi connectivity index (χ4n) is 3.70. The summed E-state index contributed by atoms with van der Waals surface area (Å²) < 4.78 is 10.5. The molecule has 0 bridgehead atoms. The smallest absolute Gasteiger partial charge is 0.349 e. The van der Waals surface area contributed by atoms with Crippen LogP contribution in [0.5, 0.6) is 5.75 Å². The monoisotopic (exact) mass is 412 g/mol. The molecule has 0 atom stereocenters. The molecule has 2 heterocycles. The van der Waals surface area contributed by atoms with Crippen LogP contribution in [-0.2, 0) is 12.8 Å². The second-order valence-electron chi connectivity index (χ2n) is 6.91. The van der Waals surface area contributed by atoms with Crippen molar-refractivity contribution in [2.24, 2.45) is 5.73 Å². The zero-order valence-electron chi connectivity index (χ0n) is 15.9. The third kappa shape index (κ3) is 3.51. The van der Waals surface area contributed by atoms with Crippen LogP contribution < -0.4 is 21.4 Å². The highest BCUT2D eigenvalue weighted by atomic mass is 32.1. The molecule has 7 nitrogen and oxygen atoms in total. The van der Waals surface area contributed by atoms with Crippen LogP contribution >= 0.6 is 11.3 Å². The maximum Gasteiger partial charge on any atom is 0.349 e. The van der Waals surface area contributed by atoms with Crippen LogP contribution in [0.2, 0.25) is 0 Å². The van der Waals surface area contributed by atoms with Gasteiger partial charge in [-0.2, -0.15) is 0 Å². The molecule has 29 heavy (non-hydrogen) atoms. The van der Waals surface area contributed by atoms with E-state index in [1.165, 1.54) is 24.5 Å². The van der Waals surface area contributed by atoms with Crippen molar-refractivity contribution in [2.45, 2.75) is 32.1 Å². The predicted octanol–water partition coefficient (Wildman–Crippen LogP) is 3.48. The molecule has 1 aliphatic rings. The Morgan fingerprint density at radius 3 is 2.76 bits per heavy atom. The van der Waals surface area contributed by atoms with E-state index in [0.29, 0.717) is 21.7 Å². The van der Waals surface area contributed by atoms with Crippen LogP contribution in [0.25, 0.3) is 11.0 Å². The van der Waals surface area contributed by atoms with Crippen LogP contribution in [0.4, 0.5) is 5.00 Å². The van der Waals surface area contributed by atoms with Gasteiger partial charge in [-0.1, -0.05) is 18.6 Å². The molecule has 1 aliphatic carbocycles. The summed E-state index contributed by atoms with van der Waals surface area (Å²) in [6.45, 7) is 0. The fraction of sp³-hybridized carbons (Fsp3) is 0.286. The summed E-state index contributed by atoms with van der Waals surface area (Å²) in [5.74, 6) is -0.804. The highest BCUT2D eigenvalue weighted by molar-refractivity contribution is 7.17. The van der Waals surface area contributed by atoms with Gasteiger partial charge in [0, 0.05) is 10.3 Å². The summed E-state index contributed by atoms with van der Waals surface area (Å²) in [5, 5.41) is 3.66. The summed E-state index contributed by atoms with van der Waals surface area (Å²) in [4.78, 5) is 38.4. The van der Waals surface area contributed by atoms with Gasteiger partial charge in [0.05, 0.1) is 12.7 Å². The van der Waals surface area contributed by atoms with Gasteiger partial charge in [0.2, 0.25) is 0 Å². The molecule has 0 radical (unpaired) electrons. The van der Waals surface area contributed by atoms with E-state index in [1.54, 1.807) is 18.2 Å². The van der Waals surface area contributed by atoms with Gasteiger partial charge in [-0.15, -0.1) is 11.3 Å². The first-order valence-corrected chi connectivity index (χ1v) is 10.2. The van der Waals surface area contributed by atoms with Crippen LogP contribution in [0, 0.1) is 0 Å². The molecule has 4 rings (SSSR count). The third-order valence-corrected chi connectivity index (χ3v) is 6.29. The summed E-state index contributed by atoms with van der Waals surface area (Å²) in [7, 11) is 1.47. The fourth-order valence-corrected chi connectivity index (χ4v) is 4.99. The minimum atomic E-state index is -0.779. The highest BCUT2D eigenvalue weighted by Crippen LogP contribution is 2.37. The number of nitrogens with two attached hydrogens (primary N) is 1. The number of thiophene rings is 1. The third-order valence-electron chi connectivity index (χ3n) is 5.08. The standard InChI is InChI=1S/C21H20N2O5S/c1-27-14-8-5-6-11-10-13(21(26)28-17(11)14)19(25)23-20-16(18(22)24)12-7-3-2-4-9-15(12)29-20/h5-6,8,10H,2-4,7,9H2,1H3,(H2,22,24)(H,23,25). The first-order valence-electron chi connectivity index (χ1n) is 9.36. The Labute approximate surface area is 170 Å². The molecule has 0 unspecified atom stereocenters. The number of aryl methyl sites for hydroxylation is 1. The molecule has 2 amide bonds. The number of ether oxygens (including phenoxy) is 1. The van der Waals surface area contributed by atoms with E-state index in [1.807, 2.05) is 0 Å². The number of methoxy groups -OCH3 is 1. The number of rotatable bonds is 4. The largest absolute Gasteiger partial charge is 0.493 e. The molecule has 0 fully saturated rings. The SMILES string of the molecule is COc1cccc2cc(C(=O)Nc3sc4c(c3C(N)=O)CCCCC4)c(=O)oc12. The van der Waals surface area contributed by atoms with Gasteiger partial charge in [0.15, 0.2) is 11.3 Å². The van der Waals surface area contributed by atoms with Crippen LogP contribution in [0.15, 0.2) is 33.5 Å². The molecule has 2 aromatic heterocycles. The minimum absolute atomic E-state index is 0.148. The number of fused-ring (bicyclic) bond motifs is 2. The molecule has 0 saturated carbocycles. The summed E-state index contributed by atoms with van der Waals surface area (Å²) >= 11 is 1.36. The number of carbonyl (C=O) groups is 2. The molecule has 1 aromatic carbocycles. The van der Waals surface area contributed by atoms with Gasteiger partial charge >= 0.3 is 5.63 Å². The van der Waals surface area contributed by atoms with E-state index in [-0.39, 0.29) is 11.1 Å². The van der Waals surface area contributed by atoms with Gasteiger partial charge in [-0.05, 0) is 43.4 Å². The molecule has 3 N–H and O–H groups in total. The number of hydrogen-bond acceptors (Lipinski definition) is 6. The lowest BCUT2D eigenvalue weighted by Gasteiger charge is -2.07. The van der Waals surface area contributed by atoms with E-state index in [9.17, 15) is 14.4 Å². The molecule has 8 heteroatoms. The van der Waals surface area contributed by atoms with E-state index < -0.39 is 17.4 Å². The minimum Gasteiger partial charge on any atom is -0.493 e. The topological polar surface area (TPSA) is 112 Å². The van der Waals surface area contributed by atoms with E-state index in [2.05, 4.69) is 5.32 Å². The second kappa shape index (κ2) is 7.71. The van der Waals surface area contributed by atoms with Crippen molar-refractivity contribution in [1.29, 1.82) is 0 Å². The zero-order valence-corrected chi connectivity index (χ0v) is 16.7. The van der Waals surface area contributed by atoms with Crippen LogP contribution in [0.3, 0.4) is 0 Å². The van der Waals surface area contributed by atoms with Crippen molar-refractivity contribution in [3.05, 3.63) is 56.3 Å². The number of amides is 2. The maximum atomic E-state index is 12.8. The number of para-hydroxylation sites is 1. The number of nitrogens with one attached hydrogen (secondary N) is 1. The van der Waals surface area contributed by atoms with Crippen molar-refractivity contribution < 1.29 is 18.7 Å². The predicted molar refractivity (Wildman–Crippen MR) is 111 cm³/mol. The van der Waals surface area contributed by atoms with Crippen molar-refractivity contribution in [1.82, 2.24) is 0 Å². The van der Waals surface area contributed by atoms with Gasteiger partial charge in [0.1, 0.15) is 10.6 Å². The Morgan fingerprint density at radius 2 is 2.00 bits per heavy atom. The second-order valence-corrected chi connectivity index (χ2v) is 8.02. The lowest BCUT2D eigenvalue weighted by molar-refractivity contribution is 0.100. The van der Waals surface area contributed by atoms with E-state index in [0.717, 1.165) is 42.5 Å². The molecule has 0 aliphatic heterocycles. The number of primary amides is 1. The number of hydrogen-bond donors (Lipinski definition) is 2. The molecule has 0 spiro atoms. The van der Waals surface area contributed by atoms with Crippen molar-refractivity contribution >= 4 is 39.1 Å². The highest BCUT2D eigenvalue weighted by Gasteiger charge is 2.25. The average molecular weight is 412 g/mol. The van der Waals surface area contributed by atoms with Crippen LogP contribution in [0.1, 0.15) is 50.4 Å².